The highest BCUT2D eigenvalue weighted by Crippen LogP contribution is 2.23. The van der Waals surface area contributed by atoms with Crippen LogP contribution in [0, 0.1) is 0 Å². The minimum atomic E-state index is -0.203. The summed E-state index contributed by atoms with van der Waals surface area (Å²) in [5, 5.41) is 3.80. The van der Waals surface area contributed by atoms with Crippen LogP contribution in [-0.2, 0) is 4.79 Å². The monoisotopic (exact) mass is 461 g/mol. The predicted molar refractivity (Wildman–Crippen MR) is 131 cm³/mol. The third-order valence-electron chi connectivity index (χ3n) is 4.86. The number of nitrogens with one attached hydrogen (secondary N) is 1. The van der Waals surface area contributed by atoms with E-state index in [0.29, 0.717) is 39.8 Å². The Morgan fingerprint density at radius 3 is 2.39 bits per heavy atom. The van der Waals surface area contributed by atoms with E-state index < -0.39 is 0 Å². The van der Waals surface area contributed by atoms with Crippen molar-refractivity contribution in [3.63, 3.8) is 0 Å². The van der Waals surface area contributed by atoms with Gasteiger partial charge in [-0.15, -0.1) is 0 Å². The number of ether oxygens (including phenoxy) is 2. The summed E-state index contributed by atoms with van der Waals surface area (Å²) in [6.45, 7) is 2.47. The van der Waals surface area contributed by atoms with Crippen LogP contribution in [0.3, 0.4) is 0 Å². The number of amides is 1. The molecule has 0 aliphatic rings. The fraction of sp³-hybridized carbons (Fsp3) is 0.160. The number of hydrogen-bond acceptors (Lipinski definition) is 6. The molecule has 4 rings (SSSR count). The van der Waals surface area contributed by atoms with Crippen LogP contribution in [-0.4, -0.2) is 34.9 Å². The van der Waals surface area contributed by atoms with Gasteiger partial charge in [-0.2, -0.15) is 0 Å². The lowest BCUT2D eigenvalue weighted by Gasteiger charge is -2.14. The van der Waals surface area contributed by atoms with E-state index in [2.05, 4.69) is 10.3 Å². The number of anilines is 1. The van der Waals surface area contributed by atoms with Gasteiger partial charge in [-0.1, -0.05) is 23.9 Å². The molecule has 0 aliphatic heterocycles. The molecule has 1 N–H and O–H groups in total. The molecule has 0 unspecified atom stereocenters. The third-order valence-corrected chi connectivity index (χ3v) is 5.80. The van der Waals surface area contributed by atoms with E-state index in [1.54, 1.807) is 43.5 Å². The van der Waals surface area contributed by atoms with Gasteiger partial charge in [-0.3, -0.25) is 14.2 Å². The molecule has 1 amide bonds. The fourth-order valence-electron chi connectivity index (χ4n) is 3.30. The second kappa shape index (κ2) is 10.2. The van der Waals surface area contributed by atoms with Gasteiger partial charge in [0, 0.05) is 5.69 Å². The van der Waals surface area contributed by atoms with Gasteiger partial charge in [0.1, 0.15) is 11.5 Å². The summed E-state index contributed by atoms with van der Waals surface area (Å²) in [5.74, 6) is 1.32. The maximum Gasteiger partial charge on any atom is 0.266 e. The first-order chi connectivity index (χ1) is 16.1. The van der Waals surface area contributed by atoms with Gasteiger partial charge in [0.25, 0.3) is 5.56 Å². The van der Waals surface area contributed by atoms with Gasteiger partial charge in [-0.25, -0.2) is 4.98 Å². The molecule has 7 nitrogen and oxygen atoms in total. The molecule has 3 aromatic carbocycles. The molecule has 0 fully saturated rings. The molecule has 0 aliphatic carbocycles. The number of thioether (sulfide) groups is 1. The van der Waals surface area contributed by atoms with E-state index in [4.69, 9.17) is 9.47 Å². The van der Waals surface area contributed by atoms with E-state index in [1.807, 2.05) is 43.3 Å². The zero-order valence-electron chi connectivity index (χ0n) is 18.3. The summed E-state index contributed by atoms with van der Waals surface area (Å²) in [7, 11) is 1.59. The van der Waals surface area contributed by atoms with E-state index in [9.17, 15) is 9.59 Å². The number of rotatable bonds is 8. The lowest BCUT2D eigenvalue weighted by Crippen LogP contribution is -2.23. The maximum absolute atomic E-state index is 13.3. The first-order valence-electron chi connectivity index (χ1n) is 10.4. The highest BCUT2D eigenvalue weighted by molar-refractivity contribution is 7.99. The number of benzene rings is 3. The first-order valence-corrected chi connectivity index (χ1v) is 11.4. The summed E-state index contributed by atoms with van der Waals surface area (Å²) in [5.41, 5.74) is 1.71. The van der Waals surface area contributed by atoms with Gasteiger partial charge in [0.15, 0.2) is 5.16 Å². The number of carbonyl (C=O) groups is 1. The molecular weight excluding hydrogens is 438 g/mol. The molecule has 168 valence electrons. The topological polar surface area (TPSA) is 82.4 Å². The van der Waals surface area contributed by atoms with E-state index >= 15 is 0 Å². The summed E-state index contributed by atoms with van der Waals surface area (Å²) in [6, 6.07) is 21.5. The van der Waals surface area contributed by atoms with Crippen molar-refractivity contribution in [3.8, 4) is 17.2 Å². The number of fused-ring (bicyclic) bond motifs is 1. The number of carbonyl (C=O) groups excluding carboxylic acids is 1. The maximum atomic E-state index is 13.3. The van der Waals surface area contributed by atoms with Crippen LogP contribution in [0.2, 0.25) is 0 Å². The van der Waals surface area contributed by atoms with Crippen molar-refractivity contribution in [1.29, 1.82) is 0 Å². The normalized spacial score (nSPS) is 10.7. The van der Waals surface area contributed by atoms with Gasteiger partial charge in [0.05, 0.1) is 36.1 Å². The summed E-state index contributed by atoms with van der Waals surface area (Å²) in [6.07, 6.45) is 0. The van der Waals surface area contributed by atoms with Crippen LogP contribution in [0.25, 0.3) is 16.6 Å². The molecule has 0 saturated carbocycles. The molecule has 1 heterocycles. The van der Waals surface area contributed by atoms with Crippen LogP contribution in [0.4, 0.5) is 5.69 Å². The van der Waals surface area contributed by atoms with Crippen molar-refractivity contribution in [2.24, 2.45) is 0 Å². The second-order valence-corrected chi connectivity index (χ2v) is 7.99. The standard InChI is InChI=1S/C25H23N3O4S/c1-3-32-20-14-10-18(11-15-20)28-24(30)21-6-4-5-7-22(21)27-25(28)33-16-23(29)26-17-8-12-19(31-2)13-9-17/h4-15H,3,16H2,1-2H3,(H,26,29). The van der Waals surface area contributed by atoms with E-state index in [1.165, 1.54) is 16.3 Å². The van der Waals surface area contributed by atoms with E-state index in [-0.39, 0.29) is 17.2 Å². The Balaban J connectivity index is 1.62. The first kappa shape index (κ1) is 22.4. The molecule has 0 saturated heterocycles. The Kier molecular flexibility index (Phi) is 6.95. The zero-order chi connectivity index (χ0) is 23.2. The Morgan fingerprint density at radius 1 is 1.00 bits per heavy atom. The van der Waals surface area contributed by atoms with Gasteiger partial charge >= 0.3 is 0 Å². The van der Waals surface area contributed by atoms with Crippen LogP contribution in [0.1, 0.15) is 6.92 Å². The summed E-state index contributed by atoms with van der Waals surface area (Å²) >= 11 is 1.20. The van der Waals surface area contributed by atoms with Crippen molar-refractivity contribution in [1.82, 2.24) is 9.55 Å². The number of hydrogen-bond donors (Lipinski definition) is 1. The molecule has 0 bridgehead atoms. The third kappa shape index (κ3) is 5.18. The smallest absolute Gasteiger partial charge is 0.266 e. The summed E-state index contributed by atoms with van der Waals surface area (Å²) in [4.78, 5) is 30.6. The number of nitrogens with zero attached hydrogens (tertiary/aromatic N) is 2. The molecular formula is C25H23N3O4S. The highest BCUT2D eigenvalue weighted by atomic mass is 32.2. The van der Waals surface area contributed by atoms with E-state index in [0.717, 1.165) is 5.75 Å². The van der Waals surface area contributed by atoms with Gasteiger partial charge in [-0.05, 0) is 67.6 Å². The summed E-state index contributed by atoms with van der Waals surface area (Å²) < 4.78 is 12.2. The highest BCUT2D eigenvalue weighted by Gasteiger charge is 2.15. The van der Waals surface area contributed by atoms with Crippen molar-refractivity contribution in [2.45, 2.75) is 12.1 Å². The minimum absolute atomic E-state index is 0.0911. The Hall–Kier alpha value is -3.78. The lowest BCUT2D eigenvalue weighted by molar-refractivity contribution is -0.113. The fourth-order valence-corrected chi connectivity index (χ4v) is 4.11. The molecule has 4 aromatic rings. The lowest BCUT2D eigenvalue weighted by atomic mass is 10.2. The quantitative estimate of drug-likeness (QED) is 0.307. The Bertz CT molecular complexity index is 1320. The van der Waals surface area contributed by atoms with Crippen LogP contribution in [0.5, 0.6) is 11.5 Å². The van der Waals surface area contributed by atoms with Crippen molar-refractivity contribution in [3.05, 3.63) is 83.2 Å². The number of methoxy groups -OCH3 is 1. The van der Waals surface area contributed by atoms with Crippen LogP contribution >= 0.6 is 11.8 Å². The average Bonchev–Trinajstić information content (AvgIpc) is 2.84. The molecule has 1 aromatic heterocycles. The SMILES string of the molecule is CCOc1ccc(-n2c(SCC(=O)Nc3ccc(OC)cc3)nc3ccccc3c2=O)cc1. The van der Waals surface area contributed by atoms with Crippen molar-refractivity contribution in [2.75, 3.05) is 24.8 Å². The Morgan fingerprint density at radius 2 is 1.70 bits per heavy atom. The Labute approximate surface area is 195 Å². The second-order valence-electron chi connectivity index (χ2n) is 7.04. The van der Waals surface area contributed by atoms with Gasteiger partial charge in [0.2, 0.25) is 5.91 Å². The molecule has 0 atom stereocenters. The van der Waals surface area contributed by atoms with Crippen LogP contribution < -0.4 is 20.3 Å². The molecule has 8 heteroatoms. The van der Waals surface area contributed by atoms with Crippen LogP contribution in [0.15, 0.2) is 82.7 Å². The molecule has 33 heavy (non-hydrogen) atoms. The predicted octanol–water partition coefficient (Wildman–Crippen LogP) is 4.52. The zero-order valence-corrected chi connectivity index (χ0v) is 19.1. The number of para-hydroxylation sites is 1. The minimum Gasteiger partial charge on any atom is -0.497 e. The average molecular weight is 462 g/mol. The van der Waals surface area contributed by atoms with Gasteiger partial charge < -0.3 is 14.8 Å². The van der Waals surface area contributed by atoms with Crippen molar-refractivity contribution >= 4 is 34.3 Å². The number of aromatic nitrogens is 2. The molecule has 0 radical (unpaired) electrons. The van der Waals surface area contributed by atoms with Crippen molar-refractivity contribution < 1.29 is 14.3 Å². The largest absolute Gasteiger partial charge is 0.497 e. The molecule has 0 spiro atoms.